The highest BCUT2D eigenvalue weighted by molar-refractivity contribution is 9.11. The zero-order chi connectivity index (χ0) is 14.0. The molecule has 2 nitrogen and oxygen atoms in total. The summed E-state index contributed by atoms with van der Waals surface area (Å²) in [5.41, 5.74) is 1.20. The van der Waals surface area contributed by atoms with Gasteiger partial charge in [0.1, 0.15) is 5.82 Å². The third kappa shape index (κ3) is 3.50. The van der Waals surface area contributed by atoms with Crippen molar-refractivity contribution in [2.75, 3.05) is 11.9 Å². The molecular weight excluding hydrogens is 391 g/mol. The van der Waals surface area contributed by atoms with Crippen LogP contribution in [0.4, 0.5) is 5.82 Å². The average Bonchev–Trinajstić information content (AvgIpc) is 2.38. The van der Waals surface area contributed by atoms with Gasteiger partial charge in [-0.15, -0.1) is 0 Å². The lowest BCUT2D eigenvalue weighted by Gasteiger charge is -2.27. The first-order valence-corrected chi connectivity index (χ1v) is 7.75. The maximum absolute atomic E-state index is 5.92. The van der Waals surface area contributed by atoms with Crippen LogP contribution in [0.2, 0.25) is 5.02 Å². The fourth-order valence-corrected chi connectivity index (χ4v) is 3.21. The van der Waals surface area contributed by atoms with E-state index < -0.39 is 0 Å². The van der Waals surface area contributed by atoms with Gasteiger partial charge in [0.2, 0.25) is 0 Å². The Bertz CT molecular complexity index is 572. The molecule has 0 fully saturated rings. The van der Waals surface area contributed by atoms with E-state index >= 15 is 0 Å². The molecule has 1 unspecified atom stereocenters. The van der Waals surface area contributed by atoms with Crippen molar-refractivity contribution in [1.29, 1.82) is 0 Å². The summed E-state index contributed by atoms with van der Waals surface area (Å²) < 4.78 is 1.92. The molecule has 1 atom stereocenters. The first-order chi connectivity index (χ1) is 8.99. The van der Waals surface area contributed by atoms with E-state index in [2.05, 4.69) is 48.7 Å². The normalized spacial score (nSPS) is 12.3. The molecule has 0 aliphatic rings. The Balaban J connectivity index is 2.27. The van der Waals surface area contributed by atoms with Gasteiger partial charge < -0.3 is 4.90 Å². The van der Waals surface area contributed by atoms with Gasteiger partial charge in [-0.2, -0.15) is 0 Å². The van der Waals surface area contributed by atoms with Gasteiger partial charge in [0.15, 0.2) is 0 Å². The Hall–Kier alpha value is -0.580. The average molecular weight is 405 g/mol. The van der Waals surface area contributed by atoms with Gasteiger partial charge >= 0.3 is 0 Å². The lowest BCUT2D eigenvalue weighted by atomic mass is 10.1. The van der Waals surface area contributed by atoms with E-state index in [4.69, 9.17) is 11.6 Å². The van der Waals surface area contributed by atoms with Crippen LogP contribution in [-0.4, -0.2) is 12.0 Å². The summed E-state index contributed by atoms with van der Waals surface area (Å²) in [6.07, 6.45) is 1.80. The summed E-state index contributed by atoms with van der Waals surface area (Å²) in [6, 6.07) is 10.1. The maximum Gasteiger partial charge on any atom is 0.143 e. The second-order valence-corrected chi connectivity index (χ2v) is 6.50. The number of pyridine rings is 1. The Labute approximate surface area is 135 Å². The number of benzene rings is 1. The molecule has 1 aromatic carbocycles. The first kappa shape index (κ1) is 14.8. The fourth-order valence-electron chi connectivity index (χ4n) is 1.82. The van der Waals surface area contributed by atoms with Crippen LogP contribution in [-0.2, 0) is 0 Å². The monoisotopic (exact) mass is 402 g/mol. The quantitative estimate of drug-likeness (QED) is 0.676. The third-order valence-corrected chi connectivity index (χ3v) is 4.33. The molecule has 2 rings (SSSR count). The topological polar surface area (TPSA) is 16.1 Å². The van der Waals surface area contributed by atoms with Crippen molar-refractivity contribution in [2.24, 2.45) is 0 Å². The van der Waals surface area contributed by atoms with Crippen molar-refractivity contribution in [2.45, 2.75) is 13.0 Å². The van der Waals surface area contributed by atoms with Crippen LogP contribution >= 0.6 is 43.5 Å². The highest BCUT2D eigenvalue weighted by atomic mass is 79.9. The molecule has 0 N–H and O–H groups in total. The van der Waals surface area contributed by atoms with Crippen LogP contribution in [0.1, 0.15) is 18.5 Å². The summed E-state index contributed by atoms with van der Waals surface area (Å²) in [5, 5.41) is 0.751. The Morgan fingerprint density at radius 2 is 1.84 bits per heavy atom. The van der Waals surface area contributed by atoms with Crippen LogP contribution in [0, 0.1) is 0 Å². The zero-order valence-corrected chi connectivity index (χ0v) is 14.5. The molecule has 0 bridgehead atoms. The van der Waals surface area contributed by atoms with Gasteiger partial charge in [0.05, 0.1) is 10.5 Å². The van der Waals surface area contributed by atoms with Gasteiger partial charge in [0.25, 0.3) is 0 Å². The van der Waals surface area contributed by atoms with Crippen LogP contribution in [0.5, 0.6) is 0 Å². The largest absolute Gasteiger partial charge is 0.352 e. The molecular formula is C14H13Br2ClN2. The van der Waals surface area contributed by atoms with Gasteiger partial charge in [-0.25, -0.2) is 4.98 Å². The van der Waals surface area contributed by atoms with E-state index in [-0.39, 0.29) is 6.04 Å². The summed E-state index contributed by atoms with van der Waals surface area (Å²) in [6.45, 7) is 2.14. The molecule has 1 aromatic heterocycles. The van der Waals surface area contributed by atoms with Crippen LogP contribution < -0.4 is 4.90 Å². The number of hydrogen-bond donors (Lipinski definition) is 0. The van der Waals surface area contributed by atoms with Crippen LogP contribution in [0.3, 0.4) is 0 Å². The number of hydrogen-bond acceptors (Lipinski definition) is 2. The smallest absolute Gasteiger partial charge is 0.143 e. The number of aromatic nitrogens is 1. The molecule has 1 heterocycles. The Morgan fingerprint density at radius 1 is 1.21 bits per heavy atom. The zero-order valence-electron chi connectivity index (χ0n) is 10.6. The molecule has 0 aliphatic heterocycles. The number of anilines is 1. The van der Waals surface area contributed by atoms with Crippen molar-refractivity contribution in [1.82, 2.24) is 4.98 Å². The standard InChI is InChI=1S/C14H13Br2ClN2/c1-9(10-3-5-12(17)6-4-10)19(2)14-13(16)7-11(15)8-18-14/h3-9H,1-2H3. The third-order valence-electron chi connectivity index (χ3n) is 3.06. The molecule has 100 valence electrons. The summed E-state index contributed by atoms with van der Waals surface area (Å²) >= 11 is 12.9. The highest BCUT2D eigenvalue weighted by Crippen LogP contribution is 2.31. The molecule has 0 radical (unpaired) electrons. The molecule has 2 aromatic rings. The molecule has 0 amide bonds. The molecule has 5 heteroatoms. The van der Waals surface area contributed by atoms with Crippen molar-refractivity contribution in [3.8, 4) is 0 Å². The molecule has 19 heavy (non-hydrogen) atoms. The van der Waals surface area contributed by atoms with Gasteiger partial charge in [-0.05, 0) is 62.5 Å². The first-order valence-electron chi connectivity index (χ1n) is 5.78. The minimum atomic E-state index is 0.210. The number of nitrogens with zero attached hydrogens (tertiary/aromatic N) is 2. The summed E-state index contributed by atoms with van der Waals surface area (Å²) in [7, 11) is 2.03. The lowest BCUT2D eigenvalue weighted by molar-refractivity contribution is 0.727. The van der Waals surface area contributed by atoms with Crippen LogP contribution in [0.15, 0.2) is 45.5 Å². The predicted molar refractivity (Wildman–Crippen MR) is 87.9 cm³/mol. The Kier molecular flexibility index (Phi) is 4.87. The molecule has 0 saturated carbocycles. The molecule has 0 spiro atoms. The second-order valence-electron chi connectivity index (χ2n) is 4.30. The predicted octanol–water partition coefficient (Wildman–Crippen LogP) is 5.46. The van der Waals surface area contributed by atoms with Gasteiger partial charge in [0, 0.05) is 22.7 Å². The second kappa shape index (κ2) is 6.25. The van der Waals surface area contributed by atoms with Crippen molar-refractivity contribution < 1.29 is 0 Å². The fraction of sp³-hybridized carbons (Fsp3) is 0.214. The van der Waals surface area contributed by atoms with E-state index in [1.165, 1.54) is 5.56 Å². The van der Waals surface area contributed by atoms with E-state index in [0.717, 1.165) is 19.8 Å². The number of rotatable bonds is 3. The Morgan fingerprint density at radius 3 is 2.42 bits per heavy atom. The lowest BCUT2D eigenvalue weighted by Crippen LogP contribution is -2.23. The highest BCUT2D eigenvalue weighted by Gasteiger charge is 2.16. The van der Waals surface area contributed by atoms with E-state index in [0.29, 0.717) is 0 Å². The SMILES string of the molecule is CC(c1ccc(Cl)cc1)N(C)c1ncc(Br)cc1Br. The van der Waals surface area contributed by atoms with Crippen LogP contribution in [0.25, 0.3) is 0 Å². The van der Waals surface area contributed by atoms with E-state index in [9.17, 15) is 0 Å². The molecule has 0 aliphatic carbocycles. The molecule has 0 saturated heterocycles. The van der Waals surface area contributed by atoms with Crippen molar-refractivity contribution >= 4 is 49.3 Å². The van der Waals surface area contributed by atoms with E-state index in [1.807, 2.05) is 37.4 Å². The van der Waals surface area contributed by atoms with E-state index in [1.54, 1.807) is 6.20 Å². The van der Waals surface area contributed by atoms with Crippen molar-refractivity contribution in [3.05, 3.63) is 56.1 Å². The summed E-state index contributed by atoms with van der Waals surface area (Å²) in [5.74, 6) is 0.908. The maximum atomic E-state index is 5.92. The summed E-state index contributed by atoms with van der Waals surface area (Å²) in [4.78, 5) is 6.57. The van der Waals surface area contributed by atoms with Gasteiger partial charge in [-0.3, -0.25) is 0 Å². The minimum absolute atomic E-state index is 0.210. The number of halogens is 3. The minimum Gasteiger partial charge on any atom is -0.352 e. The van der Waals surface area contributed by atoms with Crippen molar-refractivity contribution in [3.63, 3.8) is 0 Å². The van der Waals surface area contributed by atoms with Gasteiger partial charge in [-0.1, -0.05) is 23.7 Å².